The largest absolute Gasteiger partial charge is 0.481 e. The lowest BCUT2D eigenvalue weighted by Gasteiger charge is -2.15. The topological polar surface area (TPSA) is 146 Å². The average Bonchev–Trinajstić information content (AvgIpc) is 2.88. The predicted molar refractivity (Wildman–Crippen MR) is 141 cm³/mol. The first-order valence-electron chi connectivity index (χ1n) is 12.5. The summed E-state index contributed by atoms with van der Waals surface area (Å²) in [5.74, 6) is -4.42. The molecule has 1 heterocycles. The summed E-state index contributed by atoms with van der Waals surface area (Å²) in [5, 5.41) is 8.97. The van der Waals surface area contributed by atoms with Gasteiger partial charge in [-0.25, -0.2) is 0 Å². The molecule has 1 aromatic heterocycles. The number of carboxylic acids is 1. The Kier molecular flexibility index (Phi) is 9.59. The van der Waals surface area contributed by atoms with Crippen LogP contribution in [0.5, 0.6) is 17.2 Å². The van der Waals surface area contributed by atoms with E-state index in [1.165, 1.54) is 18.2 Å². The highest BCUT2D eigenvalue weighted by Crippen LogP contribution is 2.38. The van der Waals surface area contributed by atoms with Gasteiger partial charge in [-0.15, -0.1) is 0 Å². The zero-order valence-corrected chi connectivity index (χ0v) is 22.1. The van der Waals surface area contributed by atoms with Crippen LogP contribution in [0.4, 0.5) is 0 Å². The highest BCUT2D eigenvalue weighted by molar-refractivity contribution is 5.85. The number of carbonyl (C=O) groups is 4. The minimum Gasteiger partial charge on any atom is -0.481 e. The van der Waals surface area contributed by atoms with Crippen LogP contribution in [0.15, 0.2) is 51.7 Å². The van der Waals surface area contributed by atoms with Gasteiger partial charge in [-0.05, 0) is 43.2 Å². The molecule has 0 aliphatic carbocycles. The van der Waals surface area contributed by atoms with Crippen LogP contribution < -0.4 is 19.6 Å². The van der Waals surface area contributed by atoms with Gasteiger partial charge in [0.15, 0.2) is 17.3 Å². The van der Waals surface area contributed by atoms with Gasteiger partial charge in [-0.1, -0.05) is 39.8 Å². The van der Waals surface area contributed by atoms with E-state index in [0.29, 0.717) is 12.8 Å². The number of fused-ring (bicyclic) bond motifs is 1. The van der Waals surface area contributed by atoms with Crippen LogP contribution >= 0.6 is 0 Å². The number of para-hydroxylation sites is 1. The van der Waals surface area contributed by atoms with Crippen LogP contribution in [0.1, 0.15) is 53.4 Å². The molecular weight excluding hydrogens is 508 g/mol. The second-order valence-corrected chi connectivity index (χ2v) is 9.47. The Balaban J connectivity index is 2.05. The van der Waals surface area contributed by atoms with E-state index in [2.05, 4.69) is 0 Å². The maximum atomic E-state index is 13.3. The average molecular weight is 539 g/mol. The van der Waals surface area contributed by atoms with Crippen molar-refractivity contribution in [2.75, 3.05) is 0 Å². The Morgan fingerprint density at radius 3 is 2.13 bits per heavy atom. The van der Waals surface area contributed by atoms with E-state index >= 15 is 0 Å². The van der Waals surface area contributed by atoms with Crippen molar-refractivity contribution in [1.82, 2.24) is 0 Å². The van der Waals surface area contributed by atoms with Crippen molar-refractivity contribution in [3.05, 3.63) is 52.7 Å². The summed E-state index contributed by atoms with van der Waals surface area (Å²) in [5.41, 5.74) is -0.0740. The lowest BCUT2D eigenvalue weighted by atomic mass is 10.1. The van der Waals surface area contributed by atoms with E-state index in [4.69, 9.17) is 23.7 Å². The molecule has 0 saturated carbocycles. The number of hydrogen-bond donors (Lipinski definition) is 1. The smallest absolute Gasteiger partial charge is 0.314 e. The highest BCUT2D eigenvalue weighted by atomic mass is 16.6. The van der Waals surface area contributed by atoms with Crippen LogP contribution in [0.3, 0.4) is 0 Å². The minimum absolute atomic E-state index is 0.0402. The van der Waals surface area contributed by atoms with Gasteiger partial charge in [0.05, 0.1) is 17.2 Å². The molecule has 0 unspecified atom stereocenters. The number of aliphatic carboxylic acids is 1. The zero-order chi connectivity index (χ0) is 28.7. The van der Waals surface area contributed by atoms with Gasteiger partial charge in [0.2, 0.25) is 11.2 Å². The number of ether oxygens (including phenoxy) is 3. The quantitative estimate of drug-likeness (QED) is 0.198. The first-order chi connectivity index (χ1) is 18.5. The van der Waals surface area contributed by atoms with Crippen molar-refractivity contribution in [3.8, 4) is 28.6 Å². The summed E-state index contributed by atoms with van der Waals surface area (Å²) in [4.78, 5) is 61.2. The number of rotatable bonds is 11. The van der Waals surface area contributed by atoms with Crippen LogP contribution in [0, 0.1) is 11.8 Å². The molecule has 3 rings (SSSR count). The molecule has 0 saturated heterocycles. The second-order valence-electron chi connectivity index (χ2n) is 9.47. The molecule has 39 heavy (non-hydrogen) atoms. The Labute approximate surface area is 224 Å². The maximum Gasteiger partial charge on any atom is 0.314 e. The molecule has 0 aliphatic heterocycles. The summed E-state index contributed by atoms with van der Waals surface area (Å²) >= 11 is 0. The SMILES string of the molecule is CC(C)C(=O)Oc1cc(-c2oc3ccccc3c(=O)c2OC(=O)C(C)C)ccc1OC(=O)CCCCC(=O)O. The molecule has 3 aromatic rings. The lowest BCUT2D eigenvalue weighted by Crippen LogP contribution is -2.20. The van der Waals surface area contributed by atoms with Crippen molar-refractivity contribution in [1.29, 1.82) is 0 Å². The third kappa shape index (κ3) is 7.53. The molecule has 0 radical (unpaired) electrons. The molecule has 10 heteroatoms. The Hall–Kier alpha value is -4.47. The number of carboxylic acid groups (broad SMARTS) is 1. The van der Waals surface area contributed by atoms with E-state index in [-0.39, 0.29) is 52.4 Å². The summed E-state index contributed by atoms with van der Waals surface area (Å²) < 4.78 is 22.3. The van der Waals surface area contributed by atoms with Crippen LogP contribution in [0.2, 0.25) is 0 Å². The molecule has 206 valence electrons. The first kappa shape index (κ1) is 29.1. The molecule has 10 nitrogen and oxygen atoms in total. The summed E-state index contributed by atoms with van der Waals surface area (Å²) in [6.45, 7) is 6.51. The van der Waals surface area contributed by atoms with Gasteiger partial charge < -0.3 is 23.7 Å². The third-order valence-corrected chi connectivity index (χ3v) is 5.56. The van der Waals surface area contributed by atoms with Crippen molar-refractivity contribution in [3.63, 3.8) is 0 Å². The molecule has 0 amide bonds. The third-order valence-electron chi connectivity index (χ3n) is 5.56. The second kappa shape index (κ2) is 12.9. The van der Waals surface area contributed by atoms with Crippen molar-refractivity contribution in [2.45, 2.75) is 53.4 Å². The fourth-order valence-corrected chi connectivity index (χ4v) is 3.38. The number of esters is 3. The van der Waals surface area contributed by atoms with Crippen molar-refractivity contribution < 1.29 is 42.9 Å². The molecule has 1 N–H and O–H groups in total. The summed E-state index contributed by atoms with van der Waals surface area (Å²) in [6, 6.07) is 10.7. The van der Waals surface area contributed by atoms with Crippen molar-refractivity contribution >= 4 is 34.8 Å². The van der Waals surface area contributed by atoms with Crippen LogP contribution in [0.25, 0.3) is 22.3 Å². The van der Waals surface area contributed by atoms with Crippen LogP contribution in [-0.2, 0) is 19.2 Å². The molecule has 0 fully saturated rings. The van der Waals surface area contributed by atoms with Gasteiger partial charge in [0.25, 0.3) is 0 Å². The summed E-state index contributed by atoms with van der Waals surface area (Å²) in [7, 11) is 0. The number of carbonyl (C=O) groups excluding carboxylic acids is 3. The predicted octanol–water partition coefficient (Wildman–Crippen LogP) is 5.13. The summed E-state index contributed by atoms with van der Waals surface area (Å²) in [6.07, 6.45) is 0.496. The van der Waals surface area contributed by atoms with Crippen molar-refractivity contribution in [2.24, 2.45) is 11.8 Å². The van der Waals surface area contributed by atoms with Gasteiger partial charge in [0.1, 0.15) is 5.58 Å². The van der Waals surface area contributed by atoms with Gasteiger partial charge in [0, 0.05) is 18.4 Å². The minimum atomic E-state index is -0.958. The van der Waals surface area contributed by atoms with E-state index in [9.17, 15) is 24.0 Å². The number of benzene rings is 2. The molecule has 0 spiro atoms. The zero-order valence-electron chi connectivity index (χ0n) is 22.1. The molecule has 2 aromatic carbocycles. The lowest BCUT2D eigenvalue weighted by molar-refractivity contribution is -0.139. The standard InChI is InChI=1S/C29H30O10/c1-16(2)28(34)38-22-15-18(13-14-21(22)36-24(32)12-8-7-11-23(30)31)26-27(39-29(35)17(3)4)25(33)19-9-5-6-10-20(19)37-26/h5-6,9-10,13-17H,7-8,11-12H2,1-4H3,(H,30,31). The number of hydrogen-bond acceptors (Lipinski definition) is 9. The van der Waals surface area contributed by atoms with E-state index in [1.54, 1.807) is 52.0 Å². The monoisotopic (exact) mass is 538 g/mol. The number of unbranched alkanes of at least 4 members (excludes halogenated alkanes) is 1. The maximum absolute atomic E-state index is 13.3. The highest BCUT2D eigenvalue weighted by Gasteiger charge is 2.24. The molecule has 0 aliphatic rings. The Morgan fingerprint density at radius 1 is 0.821 bits per heavy atom. The van der Waals surface area contributed by atoms with E-state index in [0.717, 1.165) is 0 Å². The Morgan fingerprint density at radius 2 is 1.46 bits per heavy atom. The van der Waals surface area contributed by atoms with Gasteiger partial charge in [-0.3, -0.25) is 24.0 Å². The molecule has 0 bridgehead atoms. The fraction of sp³-hybridized carbons (Fsp3) is 0.345. The van der Waals surface area contributed by atoms with Crippen LogP contribution in [-0.4, -0.2) is 29.0 Å². The fourth-order valence-electron chi connectivity index (χ4n) is 3.38. The van der Waals surface area contributed by atoms with Gasteiger partial charge in [-0.2, -0.15) is 0 Å². The van der Waals surface area contributed by atoms with E-state index in [1.807, 2.05) is 0 Å². The molecular formula is C29H30O10. The molecule has 0 atom stereocenters. The normalized spacial score (nSPS) is 11.0. The Bertz CT molecular complexity index is 1450. The van der Waals surface area contributed by atoms with Gasteiger partial charge >= 0.3 is 23.9 Å². The first-order valence-corrected chi connectivity index (χ1v) is 12.5. The van der Waals surface area contributed by atoms with E-state index < -0.39 is 41.1 Å².